The highest BCUT2D eigenvalue weighted by Gasteiger charge is 2.20. The third-order valence-corrected chi connectivity index (χ3v) is 3.68. The SMILES string of the molecule is O=C(CCCC1CC1)NCc1nc2c(F)cccc2[nH]1. The molecule has 1 aliphatic carbocycles. The van der Waals surface area contributed by atoms with Crippen molar-refractivity contribution in [2.75, 3.05) is 0 Å². The van der Waals surface area contributed by atoms with E-state index in [4.69, 9.17) is 0 Å². The Morgan fingerprint density at radius 2 is 2.30 bits per heavy atom. The van der Waals surface area contributed by atoms with E-state index in [1.807, 2.05) is 0 Å². The van der Waals surface area contributed by atoms with E-state index >= 15 is 0 Å². The van der Waals surface area contributed by atoms with Crippen LogP contribution in [0, 0.1) is 11.7 Å². The lowest BCUT2D eigenvalue weighted by molar-refractivity contribution is -0.121. The number of nitrogens with one attached hydrogen (secondary N) is 2. The molecule has 106 valence electrons. The van der Waals surface area contributed by atoms with Crippen molar-refractivity contribution < 1.29 is 9.18 Å². The first-order valence-corrected chi connectivity index (χ1v) is 7.12. The van der Waals surface area contributed by atoms with Gasteiger partial charge in [0.15, 0.2) is 5.82 Å². The zero-order chi connectivity index (χ0) is 13.9. The number of imidazole rings is 1. The third-order valence-electron chi connectivity index (χ3n) is 3.68. The quantitative estimate of drug-likeness (QED) is 0.851. The smallest absolute Gasteiger partial charge is 0.220 e. The summed E-state index contributed by atoms with van der Waals surface area (Å²) in [5, 5.41) is 2.82. The summed E-state index contributed by atoms with van der Waals surface area (Å²) in [5.74, 6) is 1.13. The molecule has 4 nitrogen and oxygen atoms in total. The molecule has 1 fully saturated rings. The minimum absolute atomic E-state index is 0.0339. The second kappa shape index (κ2) is 5.61. The highest BCUT2D eigenvalue weighted by molar-refractivity contribution is 5.77. The van der Waals surface area contributed by atoms with E-state index in [9.17, 15) is 9.18 Å². The lowest BCUT2D eigenvalue weighted by Crippen LogP contribution is -2.22. The lowest BCUT2D eigenvalue weighted by atomic mass is 10.2. The first kappa shape index (κ1) is 13.1. The summed E-state index contributed by atoms with van der Waals surface area (Å²) in [6, 6.07) is 4.78. The number of rotatable bonds is 6. The second-order valence-electron chi connectivity index (χ2n) is 5.43. The Morgan fingerprint density at radius 3 is 3.05 bits per heavy atom. The van der Waals surface area contributed by atoms with E-state index in [1.165, 1.54) is 18.9 Å². The van der Waals surface area contributed by atoms with Crippen molar-refractivity contribution in [1.29, 1.82) is 0 Å². The summed E-state index contributed by atoms with van der Waals surface area (Å²) in [4.78, 5) is 18.8. The first-order valence-electron chi connectivity index (χ1n) is 7.12. The number of carbonyl (C=O) groups is 1. The number of hydrogen-bond acceptors (Lipinski definition) is 2. The maximum atomic E-state index is 13.5. The van der Waals surface area contributed by atoms with Gasteiger partial charge in [0.2, 0.25) is 5.91 Å². The van der Waals surface area contributed by atoms with Crippen molar-refractivity contribution in [2.24, 2.45) is 5.92 Å². The van der Waals surface area contributed by atoms with Gasteiger partial charge in [-0.2, -0.15) is 0 Å². The Morgan fingerprint density at radius 1 is 1.45 bits per heavy atom. The molecule has 0 aliphatic heterocycles. The fourth-order valence-electron chi connectivity index (χ4n) is 2.36. The summed E-state index contributed by atoms with van der Waals surface area (Å²) in [6.45, 7) is 0.316. The maximum absolute atomic E-state index is 13.5. The van der Waals surface area contributed by atoms with Crippen LogP contribution in [0.2, 0.25) is 0 Å². The van der Waals surface area contributed by atoms with E-state index < -0.39 is 0 Å². The molecule has 0 saturated heterocycles. The van der Waals surface area contributed by atoms with Crippen molar-refractivity contribution >= 4 is 16.9 Å². The van der Waals surface area contributed by atoms with Crippen LogP contribution in [0.25, 0.3) is 11.0 Å². The van der Waals surface area contributed by atoms with E-state index in [-0.39, 0.29) is 11.7 Å². The van der Waals surface area contributed by atoms with Gasteiger partial charge in [0, 0.05) is 6.42 Å². The maximum Gasteiger partial charge on any atom is 0.220 e. The summed E-state index contributed by atoms with van der Waals surface area (Å²) >= 11 is 0. The van der Waals surface area contributed by atoms with E-state index in [1.54, 1.807) is 12.1 Å². The van der Waals surface area contributed by atoms with Crippen LogP contribution in [0.1, 0.15) is 37.9 Å². The predicted molar refractivity (Wildman–Crippen MR) is 74.5 cm³/mol. The fraction of sp³-hybridized carbons (Fsp3) is 0.467. The second-order valence-corrected chi connectivity index (χ2v) is 5.43. The van der Waals surface area contributed by atoms with Gasteiger partial charge in [-0.3, -0.25) is 4.79 Å². The van der Waals surface area contributed by atoms with Crippen LogP contribution >= 0.6 is 0 Å². The molecule has 1 aromatic heterocycles. The molecule has 3 rings (SSSR count). The van der Waals surface area contributed by atoms with Crippen molar-refractivity contribution in [3.8, 4) is 0 Å². The molecule has 2 N–H and O–H groups in total. The van der Waals surface area contributed by atoms with Crippen molar-refractivity contribution in [3.63, 3.8) is 0 Å². The number of aromatic nitrogens is 2. The standard InChI is InChI=1S/C15H18FN3O/c16-11-4-2-5-12-15(11)19-13(18-12)9-17-14(20)6-1-3-10-7-8-10/h2,4-5,10H,1,3,6-9H2,(H,17,20)(H,18,19). The highest BCUT2D eigenvalue weighted by atomic mass is 19.1. The molecule has 0 radical (unpaired) electrons. The number of fused-ring (bicyclic) bond motifs is 1. The van der Waals surface area contributed by atoms with Gasteiger partial charge in [-0.25, -0.2) is 9.37 Å². The Balaban J connectivity index is 1.51. The van der Waals surface area contributed by atoms with Crippen LogP contribution < -0.4 is 5.32 Å². The predicted octanol–water partition coefficient (Wildman–Crippen LogP) is 2.90. The molecule has 1 saturated carbocycles. The normalized spacial score (nSPS) is 14.7. The zero-order valence-corrected chi connectivity index (χ0v) is 11.3. The first-order chi connectivity index (χ1) is 9.72. The van der Waals surface area contributed by atoms with Crippen LogP contribution in [-0.2, 0) is 11.3 Å². The molecule has 5 heteroatoms. The molecular formula is C15H18FN3O. The Kier molecular flexibility index (Phi) is 3.67. The molecule has 20 heavy (non-hydrogen) atoms. The van der Waals surface area contributed by atoms with Crippen molar-refractivity contribution in [1.82, 2.24) is 15.3 Å². The van der Waals surface area contributed by atoms with Crippen LogP contribution in [0.3, 0.4) is 0 Å². The molecule has 0 bridgehead atoms. The van der Waals surface area contributed by atoms with Gasteiger partial charge in [0.05, 0.1) is 12.1 Å². The zero-order valence-electron chi connectivity index (χ0n) is 11.3. The summed E-state index contributed by atoms with van der Waals surface area (Å²) < 4.78 is 13.5. The number of hydrogen-bond donors (Lipinski definition) is 2. The van der Waals surface area contributed by atoms with Gasteiger partial charge in [-0.1, -0.05) is 18.9 Å². The van der Waals surface area contributed by atoms with Crippen LogP contribution in [0.5, 0.6) is 0 Å². The third kappa shape index (κ3) is 3.15. The topological polar surface area (TPSA) is 57.8 Å². The number of nitrogens with zero attached hydrogens (tertiary/aromatic N) is 1. The van der Waals surface area contributed by atoms with Gasteiger partial charge in [0.25, 0.3) is 0 Å². The Bertz CT molecular complexity index is 619. The lowest BCUT2D eigenvalue weighted by Gasteiger charge is -2.02. The van der Waals surface area contributed by atoms with Gasteiger partial charge in [-0.15, -0.1) is 0 Å². The fourth-order valence-corrected chi connectivity index (χ4v) is 2.36. The number of carbonyl (C=O) groups excluding carboxylic acids is 1. The number of para-hydroxylation sites is 1. The number of aromatic amines is 1. The number of amides is 1. The van der Waals surface area contributed by atoms with Crippen LogP contribution in [0.4, 0.5) is 4.39 Å². The molecule has 2 aromatic rings. The Labute approximate surface area is 116 Å². The minimum Gasteiger partial charge on any atom is -0.349 e. The molecule has 0 spiro atoms. The van der Waals surface area contributed by atoms with E-state index in [2.05, 4.69) is 15.3 Å². The van der Waals surface area contributed by atoms with Crippen molar-refractivity contribution in [2.45, 2.75) is 38.6 Å². The Hall–Kier alpha value is -1.91. The molecule has 1 aromatic carbocycles. The largest absolute Gasteiger partial charge is 0.349 e. The average Bonchev–Trinajstić information content (AvgIpc) is 3.14. The average molecular weight is 275 g/mol. The summed E-state index contributed by atoms with van der Waals surface area (Å²) in [7, 11) is 0. The summed E-state index contributed by atoms with van der Waals surface area (Å²) in [6.07, 6.45) is 5.32. The highest BCUT2D eigenvalue weighted by Crippen LogP contribution is 2.33. The number of H-pyrrole nitrogens is 1. The van der Waals surface area contributed by atoms with Gasteiger partial charge < -0.3 is 10.3 Å². The molecule has 0 atom stereocenters. The summed E-state index contributed by atoms with van der Waals surface area (Å²) in [5.41, 5.74) is 0.980. The van der Waals surface area contributed by atoms with E-state index in [0.717, 1.165) is 18.8 Å². The van der Waals surface area contributed by atoms with Crippen molar-refractivity contribution in [3.05, 3.63) is 29.8 Å². The van der Waals surface area contributed by atoms with E-state index in [0.29, 0.717) is 29.8 Å². The minimum atomic E-state index is -0.347. The molecule has 1 aliphatic rings. The van der Waals surface area contributed by atoms with Crippen LogP contribution in [-0.4, -0.2) is 15.9 Å². The molecule has 1 amide bonds. The van der Waals surface area contributed by atoms with Gasteiger partial charge in [0.1, 0.15) is 11.3 Å². The molecular weight excluding hydrogens is 257 g/mol. The van der Waals surface area contributed by atoms with Gasteiger partial charge >= 0.3 is 0 Å². The number of halogens is 1. The molecule has 0 unspecified atom stereocenters. The van der Waals surface area contributed by atoms with Crippen LogP contribution in [0.15, 0.2) is 18.2 Å². The number of benzene rings is 1. The monoisotopic (exact) mass is 275 g/mol. The van der Waals surface area contributed by atoms with Gasteiger partial charge in [-0.05, 0) is 30.9 Å². The molecule has 1 heterocycles.